The van der Waals surface area contributed by atoms with E-state index in [2.05, 4.69) is 15.9 Å². The summed E-state index contributed by atoms with van der Waals surface area (Å²) < 4.78 is 25.3. The molecule has 0 aliphatic carbocycles. The standard InChI is InChI=1S/C10H14BrNO3S/c1-16(14,15)12(6-3-7-13)10-5-2-4-9(11)8-10/h2,4-5,8,13H,3,6-7H2,1H3. The van der Waals surface area contributed by atoms with Crippen molar-refractivity contribution in [2.24, 2.45) is 0 Å². The molecule has 16 heavy (non-hydrogen) atoms. The van der Waals surface area contributed by atoms with Gasteiger partial charge in [-0.15, -0.1) is 0 Å². The number of aliphatic hydroxyl groups is 1. The van der Waals surface area contributed by atoms with Crippen LogP contribution in [0.3, 0.4) is 0 Å². The smallest absolute Gasteiger partial charge is 0.232 e. The number of hydrogen-bond donors (Lipinski definition) is 1. The summed E-state index contributed by atoms with van der Waals surface area (Å²) in [5.41, 5.74) is 0.602. The molecule has 0 heterocycles. The van der Waals surface area contributed by atoms with Crippen molar-refractivity contribution < 1.29 is 13.5 Å². The minimum absolute atomic E-state index is 0.0278. The normalized spacial score (nSPS) is 11.4. The van der Waals surface area contributed by atoms with E-state index < -0.39 is 10.0 Å². The molecule has 0 bridgehead atoms. The topological polar surface area (TPSA) is 57.6 Å². The highest BCUT2D eigenvalue weighted by atomic mass is 79.9. The van der Waals surface area contributed by atoms with Crippen LogP contribution in [0, 0.1) is 0 Å². The third kappa shape index (κ3) is 3.77. The first-order valence-electron chi connectivity index (χ1n) is 4.79. The summed E-state index contributed by atoms with van der Waals surface area (Å²) >= 11 is 3.29. The fraction of sp³-hybridized carbons (Fsp3) is 0.400. The SMILES string of the molecule is CS(=O)(=O)N(CCCO)c1cccc(Br)c1. The van der Waals surface area contributed by atoms with E-state index in [1.54, 1.807) is 18.2 Å². The summed E-state index contributed by atoms with van der Waals surface area (Å²) in [6.45, 7) is 0.256. The molecule has 0 spiro atoms. The number of rotatable bonds is 5. The molecule has 1 aromatic rings. The molecule has 6 heteroatoms. The number of hydrogen-bond acceptors (Lipinski definition) is 3. The molecule has 1 rings (SSSR count). The summed E-state index contributed by atoms with van der Waals surface area (Å²) in [5, 5.41) is 8.75. The molecular weight excluding hydrogens is 294 g/mol. The molecule has 1 N–H and O–H groups in total. The number of anilines is 1. The van der Waals surface area contributed by atoms with E-state index in [-0.39, 0.29) is 13.2 Å². The Bertz CT molecular complexity index is 447. The van der Waals surface area contributed by atoms with Crippen LogP contribution >= 0.6 is 15.9 Å². The Hall–Kier alpha value is -0.590. The minimum Gasteiger partial charge on any atom is -0.396 e. The molecule has 0 aromatic heterocycles. The van der Waals surface area contributed by atoms with Gasteiger partial charge in [-0.2, -0.15) is 0 Å². The van der Waals surface area contributed by atoms with Gasteiger partial charge >= 0.3 is 0 Å². The molecule has 0 unspecified atom stereocenters. The fourth-order valence-corrected chi connectivity index (χ4v) is 2.68. The van der Waals surface area contributed by atoms with Crippen molar-refractivity contribution in [1.29, 1.82) is 0 Å². The lowest BCUT2D eigenvalue weighted by Gasteiger charge is -2.22. The van der Waals surface area contributed by atoms with Crippen LogP contribution in [0.5, 0.6) is 0 Å². The second-order valence-corrected chi connectivity index (χ2v) is 6.21. The third-order valence-electron chi connectivity index (χ3n) is 2.02. The zero-order chi connectivity index (χ0) is 12.2. The molecular formula is C10H14BrNO3S. The van der Waals surface area contributed by atoms with Gasteiger partial charge in [0.25, 0.3) is 0 Å². The van der Waals surface area contributed by atoms with E-state index in [9.17, 15) is 8.42 Å². The van der Waals surface area contributed by atoms with Crippen LogP contribution in [-0.2, 0) is 10.0 Å². The molecule has 90 valence electrons. The van der Waals surface area contributed by atoms with Gasteiger partial charge in [-0.05, 0) is 24.6 Å². The van der Waals surface area contributed by atoms with Gasteiger partial charge in [0.05, 0.1) is 11.9 Å². The van der Waals surface area contributed by atoms with Crippen LogP contribution in [0.2, 0.25) is 0 Å². The zero-order valence-electron chi connectivity index (χ0n) is 8.93. The first kappa shape index (κ1) is 13.5. The van der Waals surface area contributed by atoms with Crippen molar-refractivity contribution in [3.05, 3.63) is 28.7 Å². The number of aliphatic hydroxyl groups excluding tert-OH is 1. The van der Waals surface area contributed by atoms with E-state index in [1.165, 1.54) is 4.31 Å². The van der Waals surface area contributed by atoms with Crippen molar-refractivity contribution in [2.75, 3.05) is 23.7 Å². The van der Waals surface area contributed by atoms with Crippen molar-refractivity contribution in [3.63, 3.8) is 0 Å². The highest BCUT2D eigenvalue weighted by Gasteiger charge is 2.16. The highest BCUT2D eigenvalue weighted by Crippen LogP contribution is 2.22. The molecule has 0 fully saturated rings. The lowest BCUT2D eigenvalue weighted by molar-refractivity contribution is 0.291. The first-order chi connectivity index (χ1) is 7.45. The zero-order valence-corrected chi connectivity index (χ0v) is 11.3. The number of nitrogens with zero attached hydrogens (tertiary/aromatic N) is 1. The van der Waals surface area contributed by atoms with E-state index in [4.69, 9.17) is 5.11 Å². The molecule has 0 amide bonds. The van der Waals surface area contributed by atoms with Gasteiger partial charge in [0.15, 0.2) is 0 Å². The summed E-state index contributed by atoms with van der Waals surface area (Å²) in [6, 6.07) is 7.06. The molecule has 0 saturated heterocycles. The number of sulfonamides is 1. The Morgan fingerprint density at radius 1 is 1.44 bits per heavy atom. The van der Waals surface area contributed by atoms with E-state index in [1.807, 2.05) is 6.07 Å². The molecule has 0 radical (unpaired) electrons. The molecule has 0 aliphatic heterocycles. The quantitative estimate of drug-likeness (QED) is 0.899. The van der Waals surface area contributed by atoms with Gasteiger partial charge in [0, 0.05) is 17.6 Å². The van der Waals surface area contributed by atoms with Gasteiger partial charge in [-0.1, -0.05) is 22.0 Å². The first-order valence-corrected chi connectivity index (χ1v) is 7.43. The van der Waals surface area contributed by atoms with E-state index >= 15 is 0 Å². The van der Waals surface area contributed by atoms with Gasteiger partial charge < -0.3 is 5.11 Å². The fourth-order valence-electron chi connectivity index (χ4n) is 1.33. The van der Waals surface area contributed by atoms with Crippen molar-refractivity contribution >= 4 is 31.6 Å². The summed E-state index contributed by atoms with van der Waals surface area (Å²) in [7, 11) is -3.31. The van der Waals surface area contributed by atoms with Gasteiger partial charge in [0.1, 0.15) is 0 Å². The summed E-state index contributed by atoms with van der Waals surface area (Å²) in [6.07, 6.45) is 1.57. The Kier molecular flexibility index (Phi) is 4.76. The summed E-state index contributed by atoms with van der Waals surface area (Å²) in [5.74, 6) is 0. The predicted molar refractivity (Wildman–Crippen MR) is 68.0 cm³/mol. The van der Waals surface area contributed by atoms with Crippen LogP contribution in [0.4, 0.5) is 5.69 Å². The van der Waals surface area contributed by atoms with E-state index in [0.717, 1.165) is 10.7 Å². The lowest BCUT2D eigenvalue weighted by atomic mass is 10.3. The third-order valence-corrected chi connectivity index (χ3v) is 3.70. The largest absolute Gasteiger partial charge is 0.396 e. The van der Waals surface area contributed by atoms with Crippen molar-refractivity contribution in [1.82, 2.24) is 0 Å². The molecule has 4 nitrogen and oxygen atoms in total. The average Bonchev–Trinajstić information content (AvgIpc) is 2.16. The van der Waals surface area contributed by atoms with Crippen LogP contribution in [0.1, 0.15) is 6.42 Å². The van der Waals surface area contributed by atoms with Gasteiger partial charge in [-0.3, -0.25) is 4.31 Å². The van der Waals surface area contributed by atoms with Gasteiger partial charge in [-0.25, -0.2) is 8.42 Å². The maximum absolute atomic E-state index is 11.6. The Morgan fingerprint density at radius 2 is 2.12 bits per heavy atom. The van der Waals surface area contributed by atoms with Crippen molar-refractivity contribution in [2.45, 2.75) is 6.42 Å². The predicted octanol–water partition coefficient (Wildman–Crippen LogP) is 1.60. The molecule has 0 saturated carbocycles. The van der Waals surface area contributed by atoms with Crippen LogP contribution in [-0.4, -0.2) is 32.9 Å². The second-order valence-electron chi connectivity index (χ2n) is 3.39. The average molecular weight is 308 g/mol. The summed E-state index contributed by atoms with van der Waals surface area (Å²) in [4.78, 5) is 0. The lowest BCUT2D eigenvalue weighted by Crippen LogP contribution is -2.31. The Labute approximate surface area is 104 Å². The highest BCUT2D eigenvalue weighted by molar-refractivity contribution is 9.10. The van der Waals surface area contributed by atoms with Crippen LogP contribution in [0.15, 0.2) is 28.7 Å². The maximum atomic E-state index is 11.6. The minimum atomic E-state index is -3.31. The van der Waals surface area contributed by atoms with Crippen LogP contribution < -0.4 is 4.31 Å². The van der Waals surface area contributed by atoms with Crippen molar-refractivity contribution in [3.8, 4) is 0 Å². The van der Waals surface area contributed by atoms with E-state index in [0.29, 0.717) is 12.1 Å². The Balaban J connectivity index is 3.02. The molecule has 1 aromatic carbocycles. The van der Waals surface area contributed by atoms with Crippen LogP contribution in [0.25, 0.3) is 0 Å². The molecule has 0 aliphatic rings. The second kappa shape index (κ2) is 5.65. The maximum Gasteiger partial charge on any atom is 0.232 e. The Morgan fingerprint density at radius 3 is 2.62 bits per heavy atom. The number of halogens is 1. The van der Waals surface area contributed by atoms with Gasteiger partial charge in [0.2, 0.25) is 10.0 Å². The molecule has 0 atom stereocenters. The number of benzene rings is 1. The monoisotopic (exact) mass is 307 g/mol.